The van der Waals surface area contributed by atoms with Gasteiger partial charge in [0.2, 0.25) is 0 Å². The van der Waals surface area contributed by atoms with Gasteiger partial charge < -0.3 is 9.64 Å². The van der Waals surface area contributed by atoms with E-state index in [0.717, 1.165) is 30.6 Å². The minimum atomic E-state index is -0.281. The molecular formula is C19H21FN2O2. The molecule has 0 bridgehead atoms. The second-order valence-corrected chi connectivity index (χ2v) is 6.12. The van der Waals surface area contributed by atoms with Gasteiger partial charge >= 0.3 is 0 Å². The van der Waals surface area contributed by atoms with Crippen LogP contribution in [0.2, 0.25) is 0 Å². The zero-order chi connectivity index (χ0) is 16.9. The van der Waals surface area contributed by atoms with Crippen LogP contribution < -0.4 is 0 Å². The summed E-state index contributed by atoms with van der Waals surface area (Å²) in [5.41, 5.74) is 2.19. The topological polar surface area (TPSA) is 42.4 Å². The summed E-state index contributed by atoms with van der Waals surface area (Å²) in [5, 5.41) is 0. The molecule has 24 heavy (non-hydrogen) atoms. The summed E-state index contributed by atoms with van der Waals surface area (Å²) in [6.45, 7) is 3.55. The summed E-state index contributed by atoms with van der Waals surface area (Å²) in [7, 11) is 0. The Bertz CT molecular complexity index is 697. The lowest BCUT2D eigenvalue weighted by Gasteiger charge is -2.26. The first kappa shape index (κ1) is 16.6. The summed E-state index contributed by atoms with van der Waals surface area (Å²) in [6, 6.07) is 9.93. The number of hydrogen-bond donors (Lipinski definition) is 0. The number of hydrogen-bond acceptors (Lipinski definition) is 3. The minimum Gasteiger partial charge on any atom is -0.376 e. The molecule has 2 heterocycles. The number of aryl methyl sites for hydroxylation is 1. The first-order valence-corrected chi connectivity index (χ1v) is 8.20. The Balaban J connectivity index is 1.81. The minimum absolute atomic E-state index is 0.0541. The van der Waals surface area contributed by atoms with Crippen molar-refractivity contribution < 1.29 is 13.9 Å². The fraction of sp³-hybridized carbons (Fsp3) is 0.368. The third-order valence-corrected chi connectivity index (χ3v) is 4.23. The Morgan fingerprint density at radius 1 is 1.33 bits per heavy atom. The van der Waals surface area contributed by atoms with E-state index in [1.54, 1.807) is 23.2 Å². The predicted octanol–water partition coefficient (Wildman–Crippen LogP) is 3.35. The number of nitrogens with zero attached hydrogens (tertiary/aromatic N) is 2. The van der Waals surface area contributed by atoms with Crippen molar-refractivity contribution in [3.8, 4) is 0 Å². The van der Waals surface area contributed by atoms with Crippen LogP contribution in [-0.4, -0.2) is 35.0 Å². The highest BCUT2D eigenvalue weighted by Gasteiger charge is 2.25. The summed E-state index contributed by atoms with van der Waals surface area (Å²) in [6.07, 6.45) is 3.65. The second-order valence-electron chi connectivity index (χ2n) is 6.12. The molecule has 0 saturated carbocycles. The van der Waals surface area contributed by atoms with E-state index in [4.69, 9.17) is 4.74 Å². The van der Waals surface area contributed by atoms with Gasteiger partial charge in [-0.05, 0) is 49.1 Å². The van der Waals surface area contributed by atoms with Gasteiger partial charge in [-0.1, -0.05) is 18.2 Å². The normalized spacial score (nSPS) is 17.0. The molecule has 1 aromatic carbocycles. The van der Waals surface area contributed by atoms with Gasteiger partial charge in [-0.3, -0.25) is 9.78 Å². The Morgan fingerprint density at radius 3 is 2.79 bits per heavy atom. The molecule has 0 aliphatic carbocycles. The van der Waals surface area contributed by atoms with Crippen LogP contribution in [-0.2, 0) is 11.3 Å². The van der Waals surface area contributed by atoms with Gasteiger partial charge in [-0.15, -0.1) is 0 Å². The summed E-state index contributed by atoms with van der Waals surface area (Å²) in [4.78, 5) is 18.9. The van der Waals surface area contributed by atoms with E-state index in [9.17, 15) is 9.18 Å². The van der Waals surface area contributed by atoms with Crippen molar-refractivity contribution in [2.75, 3.05) is 13.2 Å². The van der Waals surface area contributed by atoms with Crippen LogP contribution in [0.25, 0.3) is 0 Å². The highest BCUT2D eigenvalue weighted by molar-refractivity contribution is 5.93. The van der Waals surface area contributed by atoms with Gasteiger partial charge in [-0.25, -0.2) is 4.39 Å². The van der Waals surface area contributed by atoms with Crippen molar-refractivity contribution in [1.29, 1.82) is 0 Å². The number of amides is 1. The van der Waals surface area contributed by atoms with Gasteiger partial charge in [0.15, 0.2) is 0 Å². The Kier molecular flexibility index (Phi) is 5.20. The molecule has 0 spiro atoms. The van der Waals surface area contributed by atoms with Crippen molar-refractivity contribution in [1.82, 2.24) is 9.88 Å². The predicted molar refractivity (Wildman–Crippen MR) is 89.1 cm³/mol. The molecule has 0 N–H and O–H groups in total. The summed E-state index contributed by atoms with van der Waals surface area (Å²) in [5.74, 6) is -0.399. The number of ether oxygens (including phenoxy) is 1. The lowest BCUT2D eigenvalue weighted by molar-refractivity contribution is 0.0502. The molecule has 1 aromatic heterocycles. The Labute approximate surface area is 141 Å². The Hall–Kier alpha value is -2.27. The van der Waals surface area contributed by atoms with E-state index < -0.39 is 0 Å². The van der Waals surface area contributed by atoms with E-state index in [1.165, 1.54) is 12.1 Å². The van der Waals surface area contributed by atoms with Crippen LogP contribution in [0.5, 0.6) is 0 Å². The van der Waals surface area contributed by atoms with E-state index in [2.05, 4.69) is 4.98 Å². The van der Waals surface area contributed by atoms with E-state index in [-0.39, 0.29) is 17.8 Å². The third-order valence-electron chi connectivity index (χ3n) is 4.23. The highest BCUT2D eigenvalue weighted by Crippen LogP contribution is 2.18. The fourth-order valence-corrected chi connectivity index (χ4v) is 2.92. The zero-order valence-electron chi connectivity index (χ0n) is 13.7. The number of carbonyl (C=O) groups is 1. The maximum Gasteiger partial charge on any atom is 0.273 e. The first-order valence-electron chi connectivity index (χ1n) is 8.20. The van der Waals surface area contributed by atoms with E-state index in [0.29, 0.717) is 18.8 Å². The monoisotopic (exact) mass is 328 g/mol. The first-order chi connectivity index (χ1) is 11.6. The lowest BCUT2D eigenvalue weighted by Crippen LogP contribution is -2.37. The Morgan fingerprint density at radius 2 is 2.12 bits per heavy atom. The number of benzene rings is 1. The SMILES string of the molecule is Cc1cccnc1C(=O)N(Cc1ccc(F)cc1)C[C@H]1CCCO1. The maximum atomic E-state index is 13.1. The largest absolute Gasteiger partial charge is 0.376 e. The standard InChI is InChI=1S/C19H21FN2O2/c1-14-4-2-10-21-18(14)19(23)22(13-17-5-3-11-24-17)12-15-6-8-16(20)9-7-15/h2,4,6-10,17H,3,5,11-13H2,1H3/t17-/m1/s1. The van der Waals surface area contributed by atoms with Gasteiger partial charge in [0.1, 0.15) is 11.5 Å². The van der Waals surface area contributed by atoms with Gasteiger partial charge in [-0.2, -0.15) is 0 Å². The number of halogens is 1. The average molecular weight is 328 g/mol. The molecule has 1 fully saturated rings. The quantitative estimate of drug-likeness (QED) is 0.845. The van der Waals surface area contributed by atoms with Crippen LogP contribution >= 0.6 is 0 Å². The molecular weight excluding hydrogens is 307 g/mol. The lowest BCUT2D eigenvalue weighted by atomic mass is 10.1. The molecule has 1 saturated heterocycles. The van der Waals surface area contributed by atoms with Crippen LogP contribution in [0, 0.1) is 12.7 Å². The van der Waals surface area contributed by atoms with Crippen molar-refractivity contribution in [3.05, 3.63) is 65.2 Å². The smallest absolute Gasteiger partial charge is 0.273 e. The molecule has 0 unspecified atom stereocenters. The number of carbonyl (C=O) groups excluding carboxylic acids is 1. The van der Waals surface area contributed by atoms with Gasteiger partial charge in [0, 0.05) is 25.9 Å². The molecule has 1 aliphatic heterocycles. The average Bonchev–Trinajstić information content (AvgIpc) is 3.09. The van der Waals surface area contributed by atoms with Crippen molar-refractivity contribution in [2.24, 2.45) is 0 Å². The van der Waals surface area contributed by atoms with Crippen molar-refractivity contribution >= 4 is 5.91 Å². The van der Waals surface area contributed by atoms with Crippen molar-refractivity contribution in [3.63, 3.8) is 0 Å². The van der Waals surface area contributed by atoms with Gasteiger partial charge in [0.25, 0.3) is 5.91 Å². The number of aromatic nitrogens is 1. The second kappa shape index (κ2) is 7.53. The molecule has 2 aromatic rings. The van der Waals surface area contributed by atoms with E-state index in [1.807, 2.05) is 19.1 Å². The van der Waals surface area contributed by atoms with Crippen LogP contribution in [0.1, 0.15) is 34.5 Å². The molecule has 1 aliphatic rings. The number of rotatable bonds is 5. The van der Waals surface area contributed by atoms with E-state index >= 15 is 0 Å². The summed E-state index contributed by atoms with van der Waals surface area (Å²) < 4.78 is 18.8. The van der Waals surface area contributed by atoms with Crippen LogP contribution in [0.4, 0.5) is 4.39 Å². The third kappa shape index (κ3) is 3.97. The molecule has 1 atom stereocenters. The fourth-order valence-electron chi connectivity index (χ4n) is 2.92. The molecule has 126 valence electrons. The van der Waals surface area contributed by atoms with Crippen molar-refractivity contribution in [2.45, 2.75) is 32.4 Å². The van der Waals surface area contributed by atoms with Crippen LogP contribution in [0.15, 0.2) is 42.6 Å². The zero-order valence-corrected chi connectivity index (χ0v) is 13.7. The molecule has 5 heteroatoms. The molecule has 0 radical (unpaired) electrons. The molecule has 3 rings (SSSR count). The summed E-state index contributed by atoms with van der Waals surface area (Å²) >= 11 is 0. The molecule has 4 nitrogen and oxygen atoms in total. The van der Waals surface area contributed by atoms with Gasteiger partial charge in [0.05, 0.1) is 6.10 Å². The maximum absolute atomic E-state index is 13.1. The molecule has 1 amide bonds. The van der Waals surface area contributed by atoms with Crippen LogP contribution in [0.3, 0.4) is 0 Å². The highest BCUT2D eigenvalue weighted by atomic mass is 19.1. The number of pyridine rings is 1.